The van der Waals surface area contributed by atoms with Gasteiger partial charge in [-0.25, -0.2) is 23.2 Å². The lowest BCUT2D eigenvalue weighted by molar-refractivity contribution is -0.190. The number of pyridine rings is 1. The van der Waals surface area contributed by atoms with Crippen LogP contribution in [0.25, 0.3) is 16.6 Å². The number of piperidine rings is 1. The van der Waals surface area contributed by atoms with Crippen molar-refractivity contribution in [2.75, 3.05) is 13.1 Å². The third kappa shape index (κ3) is 5.42. The third-order valence-electron chi connectivity index (χ3n) is 6.31. The third-order valence-corrected chi connectivity index (χ3v) is 6.31. The number of para-hydroxylation sites is 1. The van der Waals surface area contributed by atoms with Gasteiger partial charge in [-0.3, -0.25) is 4.79 Å². The first kappa shape index (κ1) is 27.0. The first-order valence-electron chi connectivity index (χ1n) is 11.9. The van der Waals surface area contributed by atoms with Gasteiger partial charge in [0.15, 0.2) is 11.9 Å². The fourth-order valence-electron chi connectivity index (χ4n) is 4.25. The molecule has 3 heterocycles. The molecule has 1 fully saturated rings. The molecular formula is C26H20F5N5O4. The zero-order valence-electron chi connectivity index (χ0n) is 20.7. The highest BCUT2D eigenvalue weighted by molar-refractivity contribution is 5.95. The molecule has 5 rings (SSSR count). The van der Waals surface area contributed by atoms with Crippen molar-refractivity contribution < 1.29 is 41.0 Å². The predicted octanol–water partition coefficient (Wildman–Crippen LogP) is 4.52. The van der Waals surface area contributed by atoms with Crippen molar-refractivity contribution in [3.63, 3.8) is 0 Å². The van der Waals surface area contributed by atoms with Crippen LogP contribution in [0.1, 0.15) is 22.3 Å². The molecule has 1 atom stereocenters. The number of aryl methyl sites for hydroxylation is 1. The van der Waals surface area contributed by atoms with Crippen LogP contribution in [0, 0.1) is 6.92 Å². The molecule has 14 heteroatoms. The molecule has 1 saturated heterocycles. The van der Waals surface area contributed by atoms with E-state index in [2.05, 4.69) is 20.0 Å². The van der Waals surface area contributed by atoms with Crippen LogP contribution in [-0.2, 0) is 4.79 Å². The molecular weight excluding hydrogens is 541 g/mol. The fraction of sp³-hybridized carbons (Fsp3) is 0.269. The average molecular weight is 561 g/mol. The van der Waals surface area contributed by atoms with Crippen molar-refractivity contribution in [2.45, 2.75) is 31.5 Å². The molecule has 1 amide bonds. The van der Waals surface area contributed by atoms with Crippen LogP contribution in [0.3, 0.4) is 0 Å². The Morgan fingerprint density at radius 2 is 1.88 bits per heavy atom. The topological polar surface area (TPSA) is 99.4 Å². The number of esters is 1. The lowest BCUT2D eigenvalue weighted by Gasteiger charge is -2.38. The molecule has 2 aromatic carbocycles. The zero-order chi connectivity index (χ0) is 28.7. The molecule has 0 bridgehead atoms. The second-order valence-electron chi connectivity index (χ2n) is 9.09. The number of hydrogen-bond acceptors (Lipinski definition) is 7. The summed E-state index contributed by atoms with van der Waals surface area (Å²) in [5.41, 5.74) is 1.54. The van der Waals surface area contributed by atoms with E-state index in [9.17, 15) is 22.8 Å². The van der Waals surface area contributed by atoms with Crippen LogP contribution in [0.15, 0.2) is 60.9 Å². The number of halogens is 5. The molecule has 208 valence electrons. The maximum absolute atomic E-state index is 15.0. The molecule has 9 nitrogen and oxygen atoms in total. The van der Waals surface area contributed by atoms with Crippen molar-refractivity contribution in [3.05, 3.63) is 72.1 Å². The summed E-state index contributed by atoms with van der Waals surface area (Å²) in [5, 5.41) is 7.87. The van der Waals surface area contributed by atoms with Gasteiger partial charge in [-0.15, -0.1) is 5.10 Å². The standard InChI is InChI=1S/C26H20F5N5O4/c1-15-4-2-5-16-13-19(39-24(38)26(29,30)31)22(33-21(15)16)40-20-14-35(10-8-25(20,27)28)23(37)17-6-3-7-18(12-17)36-11-9-32-34-36/h2-7,9,11-13,20H,8,10,14H2,1H3/t20-/m0/s1. The molecule has 0 spiro atoms. The Hall–Kier alpha value is -4.62. The molecule has 1 aliphatic rings. The van der Waals surface area contributed by atoms with E-state index in [-0.39, 0.29) is 17.6 Å². The second-order valence-corrected chi connectivity index (χ2v) is 9.09. The molecule has 0 radical (unpaired) electrons. The number of aromatic nitrogens is 4. The molecule has 0 N–H and O–H groups in total. The summed E-state index contributed by atoms with van der Waals surface area (Å²) in [6.45, 7) is 0.739. The summed E-state index contributed by atoms with van der Waals surface area (Å²) in [6.07, 6.45) is -5.11. The SMILES string of the molecule is Cc1cccc2cc(OC(=O)C(F)(F)F)c(O[C@H]3CN(C(=O)c4cccc(-n5ccnn5)c4)CCC3(F)F)nc12. The molecule has 4 aromatic rings. The van der Waals surface area contributed by atoms with Crippen LogP contribution in [0.5, 0.6) is 11.6 Å². The van der Waals surface area contributed by atoms with E-state index in [4.69, 9.17) is 4.74 Å². The first-order valence-corrected chi connectivity index (χ1v) is 11.9. The van der Waals surface area contributed by atoms with Gasteiger partial charge in [0.05, 0.1) is 30.1 Å². The van der Waals surface area contributed by atoms with Gasteiger partial charge in [-0.2, -0.15) is 13.2 Å². The van der Waals surface area contributed by atoms with E-state index < -0.39 is 54.7 Å². The number of carbonyl (C=O) groups is 2. The number of hydrogen-bond donors (Lipinski definition) is 0. The van der Waals surface area contributed by atoms with Gasteiger partial charge < -0.3 is 14.4 Å². The summed E-state index contributed by atoms with van der Waals surface area (Å²) in [7, 11) is 0. The van der Waals surface area contributed by atoms with Crippen LogP contribution >= 0.6 is 0 Å². The largest absolute Gasteiger partial charge is 0.491 e. The van der Waals surface area contributed by atoms with Gasteiger partial charge in [0.2, 0.25) is 0 Å². The number of ether oxygens (including phenoxy) is 2. The van der Waals surface area contributed by atoms with Crippen molar-refractivity contribution in [1.29, 1.82) is 0 Å². The highest BCUT2D eigenvalue weighted by Crippen LogP contribution is 2.37. The minimum Gasteiger partial charge on any atom is -0.463 e. The monoisotopic (exact) mass is 561 g/mol. The van der Waals surface area contributed by atoms with E-state index in [0.717, 1.165) is 11.0 Å². The highest BCUT2D eigenvalue weighted by atomic mass is 19.4. The van der Waals surface area contributed by atoms with E-state index in [1.807, 2.05) is 0 Å². The number of benzene rings is 2. The van der Waals surface area contributed by atoms with Gasteiger partial charge in [0.1, 0.15) is 0 Å². The van der Waals surface area contributed by atoms with E-state index in [0.29, 0.717) is 16.6 Å². The normalized spacial score (nSPS) is 17.1. The Morgan fingerprint density at radius 3 is 2.60 bits per heavy atom. The lowest BCUT2D eigenvalue weighted by atomic mass is 10.0. The maximum atomic E-state index is 15.0. The molecule has 2 aromatic heterocycles. The van der Waals surface area contributed by atoms with Crippen LogP contribution in [0.2, 0.25) is 0 Å². The van der Waals surface area contributed by atoms with E-state index >= 15 is 8.78 Å². The fourth-order valence-corrected chi connectivity index (χ4v) is 4.25. The number of fused-ring (bicyclic) bond motifs is 1. The number of carbonyl (C=O) groups excluding carboxylic acids is 2. The molecule has 0 unspecified atom stereocenters. The Bertz CT molecular complexity index is 1580. The summed E-state index contributed by atoms with van der Waals surface area (Å²) in [5.74, 6) is -8.12. The Kier molecular flexibility index (Phi) is 6.85. The smallest absolute Gasteiger partial charge is 0.463 e. The zero-order valence-corrected chi connectivity index (χ0v) is 20.7. The predicted molar refractivity (Wildman–Crippen MR) is 129 cm³/mol. The summed E-state index contributed by atoms with van der Waals surface area (Å²) in [6, 6.07) is 12.1. The molecule has 40 heavy (non-hydrogen) atoms. The van der Waals surface area contributed by atoms with Gasteiger partial charge in [0, 0.05) is 23.9 Å². The number of rotatable bonds is 5. The Balaban J connectivity index is 1.45. The van der Waals surface area contributed by atoms with Crippen LogP contribution in [-0.4, -0.2) is 68.0 Å². The second kappa shape index (κ2) is 10.2. The average Bonchev–Trinajstić information content (AvgIpc) is 3.45. The van der Waals surface area contributed by atoms with Crippen LogP contribution in [0.4, 0.5) is 22.0 Å². The summed E-state index contributed by atoms with van der Waals surface area (Å²) >= 11 is 0. The van der Waals surface area contributed by atoms with Crippen molar-refractivity contribution >= 4 is 22.8 Å². The lowest BCUT2D eigenvalue weighted by Crippen LogP contribution is -2.55. The molecule has 1 aliphatic heterocycles. The molecule has 0 aliphatic carbocycles. The Labute approximate surface area is 223 Å². The maximum Gasteiger partial charge on any atom is 0.491 e. The summed E-state index contributed by atoms with van der Waals surface area (Å²) in [4.78, 5) is 30.1. The number of alkyl halides is 5. The minimum atomic E-state index is -5.35. The van der Waals surface area contributed by atoms with Crippen molar-refractivity contribution in [2.24, 2.45) is 0 Å². The number of nitrogens with zero attached hydrogens (tertiary/aromatic N) is 5. The number of likely N-dealkylation sites (tertiary alicyclic amines) is 1. The Morgan fingerprint density at radius 1 is 1.10 bits per heavy atom. The number of amides is 1. The van der Waals surface area contributed by atoms with Crippen LogP contribution < -0.4 is 9.47 Å². The minimum absolute atomic E-state index is 0.191. The van der Waals surface area contributed by atoms with Gasteiger partial charge >= 0.3 is 12.1 Å². The van der Waals surface area contributed by atoms with Crippen molar-refractivity contribution in [3.8, 4) is 17.3 Å². The first-order chi connectivity index (χ1) is 18.9. The quantitative estimate of drug-likeness (QED) is 0.261. The molecule has 0 saturated carbocycles. The summed E-state index contributed by atoms with van der Waals surface area (Å²) < 4.78 is 80.2. The van der Waals surface area contributed by atoms with Gasteiger partial charge in [-0.05, 0) is 36.8 Å². The van der Waals surface area contributed by atoms with E-state index in [1.165, 1.54) is 29.1 Å². The highest BCUT2D eigenvalue weighted by Gasteiger charge is 2.48. The van der Waals surface area contributed by atoms with Gasteiger partial charge in [0.25, 0.3) is 17.7 Å². The van der Waals surface area contributed by atoms with Gasteiger partial charge in [-0.1, -0.05) is 29.5 Å². The van der Waals surface area contributed by atoms with Crippen molar-refractivity contribution in [1.82, 2.24) is 24.9 Å². The van der Waals surface area contributed by atoms with E-state index in [1.54, 1.807) is 37.4 Å².